The third-order valence-electron chi connectivity index (χ3n) is 3.39. The molecule has 1 aliphatic heterocycles. The third-order valence-corrected chi connectivity index (χ3v) is 7.11. The maximum Gasteiger partial charge on any atom is 0.308 e. The number of aromatic nitrogens is 1. The molecule has 1 N–H and O–H groups in total. The minimum Gasteiger partial charge on any atom is -0.481 e. The van der Waals surface area contributed by atoms with Gasteiger partial charge in [-0.15, -0.1) is 23.1 Å². The zero-order valence-electron chi connectivity index (χ0n) is 11.5. The van der Waals surface area contributed by atoms with Gasteiger partial charge in [0, 0.05) is 27.2 Å². The molecule has 1 aromatic heterocycles. The molecular weight excluding hydrogens is 322 g/mol. The van der Waals surface area contributed by atoms with Crippen molar-refractivity contribution in [2.24, 2.45) is 0 Å². The summed E-state index contributed by atoms with van der Waals surface area (Å²) in [6.07, 6.45) is 0.0756. The number of aryl methyl sites for hydroxylation is 1. The highest BCUT2D eigenvalue weighted by Gasteiger charge is 2.23. The van der Waals surface area contributed by atoms with Crippen molar-refractivity contribution >= 4 is 40.8 Å². The number of rotatable bonds is 5. The summed E-state index contributed by atoms with van der Waals surface area (Å²) < 4.78 is 0.984. The highest BCUT2D eigenvalue weighted by Crippen LogP contribution is 2.42. The van der Waals surface area contributed by atoms with Gasteiger partial charge in [0.05, 0.1) is 12.1 Å². The fraction of sp³-hybridized carbons (Fsp3) is 0.333. The normalized spacial score (nSPS) is 16.9. The Morgan fingerprint density at radius 1 is 1.48 bits per heavy atom. The van der Waals surface area contributed by atoms with Crippen molar-refractivity contribution in [1.29, 1.82) is 0 Å². The molecule has 1 aliphatic rings. The lowest BCUT2D eigenvalue weighted by Gasteiger charge is -2.08. The van der Waals surface area contributed by atoms with Crippen LogP contribution in [0.25, 0.3) is 0 Å². The van der Waals surface area contributed by atoms with E-state index in [2.05, 4.69) is 29.2 Å². The van der Waals surface area contributed by atoms with E-state index in [4.69, 9.17) is 5.11 Å². The van der Waals surface area contributed by atoms with Crippen molar-refractivity contribution in [3.63, 3.8) is 0 Å². The number of aliphatic carboxylic acids is 1. The van der Waals surface area contributed by atoms with E-state index in [0.717, 1.165) is 26.4 Å². The molecule has 21 heavy (non-hydrogen) atoms. The van der Waals surface area contributed by atoms with Crippen LogP contribution in [0, 0.1) is 6.92 Å². The molecule has 1 unspecified atom stereocenters. The Bertz CT molecular complexity index is 669. The van der Waals surface area contributed by atoms with Crippen LogP contribution in [0.1, 0.15) is 22.1 Å². The first-order valence-electron chi connectivity index (χ1n) is 6.66. The molecule has 3 rings (SSSR count). The number of carbonyl (C=O) groups is 1. The fourth-order valence-corrected chi connectivity index (χ4v) is 6.07. The number of carboxylic acid groups (broad SMARTS) is 1. The molecule has 3 nitrogen and oxygen atoms in total. The first-order valence-corrected chi connectivity index (χ1v) is 9.45. The van der Waals surface area contributed by atoms with Crippen LogP contribution in [0.15, 0.2) is 33.5 Å². The molecule has 0 aliphatic carbocycles. The Labute approximate surface area is 136 Å². The zero-order chi connectivity index (χ0) is 14.8. The van der Waals surface area contributed by atoms with Crippen LogP contribution in [0.4, 0.5) is 0 Å². The Balaban J connectivity index is 1.65. The van der Waals surface area contributed by atoms with Gasteiger partial charge in [0.1, 0.15) is 4.34 Å². The molecule has 2 aromatic rings. The summed E-state index contributed by atoms with van der Waals surface area (Å²) in [6, 6.07) is 8.58. The number of carboxylic acids is 1. The van der Waals surface area contributed by atoms with Gasteiger partial charge < -0.3 is 5.11 Å². The average molecular weight is 337 g/mol. The lowest BCUT2D eigenvalue weighted by atomic mass is 10.0. The molecular formula is C15H15NO2S3. The second-order valence-electron chi connectivity index (χ2n) is 4.92. The summed E-state index contributed by atoms with van der Waals surface area (Å²) in [7, 11) is 0. The lowest BCUT2D eigenvalue weighted by molar-refractivity contribution is -0.136. The van der Waals surface area contributed by atoms with Gasteiger partial charge >= 0.3 is 5.97 Å². The molecule has 0 radical (unpaired) electrons. The van der Waals surface area contributed by atoms with Crippen molar-refractivity contribution in [1.82, 2.24) is 4.98 Å². The van der Waals surface area contributed by atoms with E-state index in [9.17, 15) is 4.79 Å². The van der Waals surface area contributed by atoms with Crippen molar-refractivity contribution in [2.75, 3.05) is 11.5 Å². The Hall–Kier alpha value is -0.980. The van der Waals surface area contributed by atoms with Gasteiger partial charge in [-0.1, -0.05) is 30.0 Å². The van der Waals surface area contributed by atoms with E-state index >= 15 is 0 Å². The Morgan fingerprint density at radius 3 is 3.10 bits per heavy atom. The maximum absolute atomic E-state index is 10.8. The van der Waals surface area contributed by atoms with Crippen LogP contribution in [-0.4, -0.2) is 27.6 Å². The molecule has 0 fully saturated rings. The maximum atomic E-state index is 10.8. The van der Waals surface area contributed by atoms with E-state index in [-0.39, 0.29) is 6.42 Å². The van der Waals surface area contributed by atoms with Gasteiger partial charge in [-0.25, -0.2) is 4.98 Å². The average Bonchev–Trinajstić information content (AvgIpc) is 3.00. The van der Waals surface area contributed by atoms with Crippen molar-refractivity contribution < 1.29 is 9.90 Å². The van der Waals surface area contributed by atoms with Crippen molar-refractivity contribution in [3.05, 3.63) is 40.4 Å². The molecule has 6 heteroatoms. The smallest absolute Gasteiger partial charge is 0.308 e. The molecule has 0 amide bonds. The minimum atomic E-state index is -0.792. The van der Waals surface area contributed by atoms with Crippen molar-refractivity contribution in [2.45, 2.75) is 28.5 Å². The van der Waals surface area contributed by atoms with Crippen LogP contribution < -0.4 is 0 Å². The first-order chi connectivity index (χ1) is 10.1. The predicted octanol–water partition coefficient (Wildman–Crippen LogP) is 4.06. The second kappa shape index (κ2) is 6.42. The van der Waals surface area contributed by atoms with Gasteiger partial charge in [-0.05, 0) is 18.6 Å². The molecule has 110 valence electrons. The first kappa shape index (κ1) is 14.9. The number of fused-ring (bicyclic) bond motifs is 1. The molecule has 0 saturated carbocycles. The van der Waals surface area contributed by atoms with Crippen molar-refractivity contribution in [3.8, 4) is 0 Å². The van der Waals surface area contributed by atoms with E-state index in [1.165, 1.54) is 21.8 Å². The highest BCUT2D eigenvalue weighted by atomic mass is 32.2. The standard InChI is InChI=1S/C15H15NO2S3/c1-9-13(6-14(17)18)21-15(16-9)20-8-10-7-19-12-5-3-2-4-11(10)12/h2-5,10H,6-8H2,1H3,(H,17,18). The van der Waals surface area contributed by atoms with Crippen LogP contribution in [-0.2, 0) is 11.2 Å². The van der Waals surface area contributed by atoms with E-state index in [1.54, 1.807) is 11.8 Å². The number of thiazole rings is 1. The number of benzene rings is 1. The van der Waals surface area contributed by atoms with Gasteiger partial charge in [-0.3, -0.25) is 4.79 Å². The van der Waals surface area contributed by atoms with Gasteiger partial charge in [0.25, 0.3) is 0 Å². The van der Waals surface area contributed by atoms with E-state index < -0.39 is 5.97 Å². The van der Waals surface area contributed by atoms with E-state index in [1.807, 2.05) is 18.7 Å². The van der Waals surface area contributed by atoms with Crippen LogP contribution in [0.2, 0.25) is 0 Å². The number of nitrogens with zero attached hydrogens (tertiary/aromatic N) is 1. The molecule has 0 spiro atoms. The Morgan fingerprint density at radius 2 is 2.29 bits per heavy atom. The number of hydrogen-bond acceptors (Lipinski definition) is 5. The fourth-order valence-electron chi connectivity index (χ4n) is 2.30. The predicted molar refractivity (Wildman–Crippen MR) is 88.8 cm³/mol. The topological polar surface area (TPSA) is 50.2 Å². The largest absolute Gasteiger partial charge is 0.481 e. The molecule has 1 aromatic carbocycles. The Kier molecular flexibility index (Phi) is 4.57. The summed E-state index contributed by atoms with van der Waals surface area (Å²) in [5.41, 5.74) is 2.29. The molecule has 1 atom stereocenters. The quantitative estimate of drug-likeness (QED) is 0.834. The summed E-state index contributed by atoms with van der Waals surface area (Å²) in [5, 5.41) is 8.88. The monoisotopic (exact) mass is 337 g/mol. The molecule has 2 heterocycles. The summed E-state index contributed by atoms with van der Waals surface area (Å²) in [5.74, 6) is 1.89. The molecule has 0 bridgehead atoms. The summed E-state index contributed by atoms with van der Waals surface area (Å²) >= 11 is 5.18. The van der Waals surface area contributed by atoms with Crippen LogP contribution in [0.3, 0.4) is 0 Å². The SMILES string of the molecule is Cc1nc(SCC2CSc3ccccc32)sc1CC(=O)O. The second-order valence-corrected chi connectivity index (χ2v) is 8.33. The van der Waals surface area contributed by atoms with Gasteiger partial charge in [0.2, 0.25) is 0 Å². The lowest BCUT2D eigenvalue weighted by Crippen LogP contribution is -1.99. The van der Waals surface area contributed by atoms with Crippen LogP contribution >= 0.6 is 34.9 Å². The third kappa shape index (κ3) is 3.44. The van der Waals surface area contributed by atoms with Gasteiger partial charge in [-0.2, -0.15) is 0 Å². The summed E-state index contributed by atoms with van der Waals surface area (Å²) in [6.45, 7) is 1.89. The van der Waals surface area contributed by atoms with E-state index in [0.29, 0.717) is 5.92 Å². The zero-order valence-corrected chi connectivity index (χ0v) is 14.0. The highest BCUT2D eigenvalue weighted by molar-refractivity contribution is 8.01. The van der Waals surface area contributed by atoms with Gasteiger partial charge in [0.15, 0.2) is 0 Å². The summed E-state index contributed by atoms with van der Waals surface area (Å²) in [4.78, 5) is 17.6. The molecule has 0 saturated heterocycles. The number of thioether (sulfide) groups is 2. The van der Waals surface area contributed by atoms with Crippen LogP contribution in [0.5, 0.6) is 0 Å². The minimum absolute atomic E-state index is 0.0756. The number of hydrogen-bond donors (Lipinski definition) is 1.